The van der Waals surface area contributed by atoms with Crippen LogP contribution in [0.1, 0.15) is 41.0 Å². The lowest BCUT2D eigenvalue weighted by molar-refractivity contribution is -0.311. The molecule has 0 saturated carbocycles. The van der Waals surface area contributed by atoms with Crippen LogP contribution in [-0.2, 0) is 28.5 Å². The summed E-state index contributed by atoms with van der Waals surface area (Å²) in [6, 6.07) is 0. The van der Waals surface area contributed by atoms with Crippen LogP contribution in [0.5, 0.6) is 0 Å². The molecule has 3 saturated heterocycles. The monoisotopic (exact) mass is 316 g/mol. The zero-order valence-electron chi connectivity index (χ0n) is 13.6. The highest BCUT2D eigenvalue weighted by molar-refractivity contribution is 5.83. The van der Waals surface area contributed by atoms with Crippen molar-refractivity contribution in [2.24, 2.45) is 0 Å². The predicted octanol–water partition coefficient (Wildman–Crippen LogP) is 0.724. The van der Waals surface area contributed by atoms with Crippen LogP contribution in [0.2, 0.25) is 0 Å². The Kier molecular flexibility index (Phi) is 3.67. The van der Waals surface area contributed by atoms with Gasteiger partial charge in [-0.25, -0.2) is 0 Å². The molecule has 0 amide bonds. The van der Waals surface area contributed by atoms with Gasteiger partial charge in [0.2, 0.25) is 5.79 Å². The van der Waals surface area contributed by atoms with E-state index in [1.54, 1.807) is 20.8 Å². The Labute approximate surface area is 129 Å². The first-order valence-corrected chi connectivity index (χ1v) is 7.68. The van der Waals surface area contributed by atoms with E-state index in [0.717, 1.165) is 0 Å². The summed E-state index contributed by atoms with van der Waals surface area (Å²) in [5, 5.41) is 10.5. The van der Waals surface area contributed by atoms with Crippen molar-refractivity contribution in [3.05, 3.63) is 0 Å². The minimum atomic E-state index is -1.55. The molecule has 0 bridgehead atoms. The molecule has 0 aromatic rings. The Hall–Kier alpha value is -0.570. The Morgan fingerprint density at radius 2 is 1.86 bits per heavy atom. The van der Waals surface area contributed by atoms with Gasteiger partial charge in [0.1, 0.15) is 18.3 Å². The van der Waals surface area contributed by atoms with Crippen LogP contribution in [-0.4, -0.2) is 59.3 Å². The van der Waals surface area contributed by atoms with Crippen molar-refractivity contribution in [2.75, 3.05) is 6.61 Å². The summed E-state index contributed by atoms with van der Waals surface area (Å²) in [6.07, 6.45) is -2.79. The van der Waals surface area contributed by atoms with Crippen LogP contribution >= 0.6 is 0 Å². The molecule has 22 heavy (non-hydrogen) atoms. The molecule has 3 rings (SSSR count). The van der Waals surface area contributed by atoms with E-state index < -0.39 is 35.7 Å². The minimum Gasteiger partial charge on any atom is -0.380 e. The lowest BCUT2D eigenvalue weighted by Gasteiger charge is -2.42. The summed E-state index contributed by atoms with van der Waals surface area (Å²) >= 11 is 0. The first-order chi connectivity index (χ1) is 10.1. The highest BCUT2D eigenvalue weighted by atomic mass is 16.9. The quantitative estimate of drug-likeness (QED) is 0.821. The third kappa shape index (κ3) is 2.40. The molecule has 0 aliphatic carbocycles. The molecule has 0 aromatic heterocycles. The highest BCUT2D eigenvalue weighted by Gasteiger charge is 2.68. The van der Waals surface area contributed by atoms with Gasteiger partial charge < -0.3 is 28.8 Å². The van der Waals surface area contributed by atoms with E-state index >= 15 is 0 Å². The van der Waals surface area contributed by atoms with Gasteiger partial charge in [-0.05, 0) is 27.7 Å². The van der Waals surface area contributed by atoms with E-state index in [1.807, 2.05) is 13.8 Å². The zero-order valence-corrected chi connectivity index (χ0v) is 13.6. The topological polar surface area (TPSA) is 83.5 Å². The van der Waals surface area contributed by atoms with Gasteiger partial charge in [-0.15, -0.1) is 0 Å². The van der Waals surface area contributed by atoms with Crippen LogP contribution in [0.15, 0.2) is 0 Å². The molecular weight excluding hydrogens is 292 g/mol. The van der Waals surface area contributed by atoms with E-state index in [-0.39, 0.29) is 24.9 Å². The maximum absolute atomic E-state index is 12.0. The van der Waals surface area contributed by atoms with Gasteiger partial charge in [-0.2, -0.15) is 0 Å². The molecule has 1 N–H and O–H groups in total. The van der Waals surface area contributed by atoms with Crippen molar-refractivity contribution in [3.8, 4) is 0 Å². The largest absolute Gasteiger partial charge is 0.380 e. The van der Waals surface area contributed by atoms with Crippen molar-refractivity contribution < 1.29 is 33.6 Å². The zero-order chi connectivity index (χ0) is 16.3. The Balaban J connectivity index is 1.96. The SMILES string of the molecule is CCC(=O)[C@H](O)[C@@]12OC[C@H]3OC(C)(C)O[C@H]3[C@@H]1OC(C)(C)O2. The van der Waals surface area contributed by atoms with Crippen LogP contribution in [0.3, 0.4) is 0 Å². The Morgan fingerprint density at radius 1 is 1.18 bits per heavy atom. The second-order valence-electron chi connectivity index (χ2n) is 6.93. The number of aliphatic hydroxyl groups is 1. The van der Waals surface area contributed by atoms with Gasteiger partial charge in [0.05, 0.1) is 6.61 Å². The second kappa shape index (κ2) is 4.96. The van der Waals surface area contributed by atoms with Crippen LogP contribution in [0.4, 0.5) is 0 Å². The van der Waals surface area contributed by atoms with Gasteiger partial charge in [-0.1, -0.05) is 6.92 Å². The van der Waals surface area contributed by atoms with Crippen molar-refractivity contribution in [1.82, 2.24) is 0 Å². The minimum absolute atomic E-state index is 0.165. The van der Waals surface area contributed by atoms with E-state index in [2.05, 4.69) is 0 Å². The number of Topliss-reactive ketones (excluding diaryl/α,β-unsaturated/α-hetero) is 1. The standard InChI is InChI=1S/C15H24O7/c1-6-8(16)11(17)15-12(21-14(4,5)22-15)10-9(7-18-15)19-13(2,3)20-10/h9-12,17H,6-7H2,1-5H3/t9-,10-,11+,12+,15+/m1/s1. The Bertz CT molecular complexity index is 475. The number of ketones is 1. The summed E-state index contributed by atoms with van der Waals surface area (Å²) in [6.45, 7) is 8.90. The molecule has 0 spiro atoms. The molecule has 3 heterocycles. The molecule has 0 radical (unpaired) electrons. The maximum atomic E-state index is 12.0. The fraction of sp³-hybridized carbons (Fsp3) is 0.933. The van der Waals surface area contributed by atoms with Crippen molar-refractivity contribution >= 4 is 5.78 Å². The number of aliphatic hydroxyl groups excluding tert-OH is 1. The van der Waals surface area contributed by atoms with E-state index in [9.17, 15) is 9.90 Å². The molecule has 7 nitrogen and oxygen atoms in total. The maximum Gasteiger partial charge on any atom is 0.234 e. The molecule has 7 heteroatoms. The lowest BCUT2D eigenvalue weighted by atomic mass is 9.90. The number of hydrogen-bond acceptors (Lipinski definition) is 7. The molecule has 3 aliphatic rings. The molecule has 3 fully saturated rings. The summed E-state index contributed by atoms with van der Waals surface area (Å²) < 4.78 is 29.3. The molecule has 0 unspecified atom stereocenters. The molecule has 5 atom stereocenters. The normalized spacial score (nSPS) is 43.5. The van der Waals surface area contributed by atoms with Gasteiger partial charge in [0.25, 0.3) is 0 Å². The van der Waals surface area contributed by atoms with E-state index in [4.69, 9.17) is 23.7 Å². The second-order valence-corrected chi connectivity index (χ2v) is 6.93. The van der Waals surface area contributed by atoms with Crippen molar-refractivity contribution in [2.45, 2.75) is 82.8 Å². The number of hydrogen-bond donors (Lipinski definition) is 1. The molecular formula is C15H24O7. The van der Waals surface area contributed by atoms with Crippen molar-refractivity contribution in [1.29, 1.82) is 0 Å². The third-order valence-corrected chi connectivity index (χ3v) is 4.24. The van der Waals surface area contributed by atoms with Gasteiger partial charge in [0.15, 0.2) is 23.5 Å². The lowest BCUT2D eigenvalue weighted by Crippen LogP contribution is -2.65. The fourth-order valence-corrected chi connectivity index (χ4v) is 3.43. The molecule has 0 aromatic carbocycles. The van der Waals surface area contributed by atoms with E-state index in [0.29, 0.717) is 0 Å². The third-order valence-electron chi connectivity index (χ3n) is 4.24. The highest BCUT2D eigenvalue weighted by Crippen LogP contribution is 2.49. The summed E-state index contributed by atoms with van der Waals surface area (Å²) in [7, 11) is 0. The van der Waals surface area contributed by atoms with E-state index in [1.165, 1.54) is 0 Å². The summed E-state index contributed by atoms with van der Waals surface area (Å²) in [4.78, 5) is 12.0. The average molecular weight is 316 g/mol. The van der Waals surface area contributed by atoms with Gasteiger partial charge in [-0.3, -0.25) is 4.79 Å². The summed E-state index contributed by atoms with van der Waals surface area (Å²) in [5.74, 6) is -3.68. The number of carbonyl (C=O) groups is 1. The summed E-state index contributed by atoms with van der Waals surface area (Å²) in [5.41, 5.74) is 0. The molecule has 3 aliphatic heterocycles. The number of rotatable bonds is 3. The van der Waals surface area contributed by atoms with Crippen LogP contribution in [0.25, 0.3) is 0 Å². The Morgan fingerprint density at radius 3 is 2.50 bits per heavy atom. The van der Waals surface area contributed by atoms with Crippen molar-refractivity contribution in [3.63, 3.8) is 0 Å². The smallest absolute Gasteiger partial charge is 0.234 e. The van der Waals surface area contributed by atoms with Gasteiger partial charge >= 0.3 is 0 Å². The number of fused-ring (bicyclic) bond motifs is 3. The number of ether oxygens (including phenoxy) is 5. The predicted molar refractivity (Wildman–Crippen MR) is 73.8 cm³/mol. The first-order valence-electron chi connectivity index (χ1n) is 7.68. The van der Waals surface area contributed by atoms with Crippen LogP contribution in [0, 0.1) is 0 Å². The van der Waals surface area contributed by atoms with Gasteiger partial charge in [0, 0.05) is 6.42 Å². The number of carbonyl (C=O) groups excluding carboxylic acids is 1. The van der Waals surface area contributed by atoms with Crippen LogP contribution < -0.4 is 0 Å². The fourth-order valence-electron chi connectivity index (χ4n) is 3.43. The average Bonchev–Trinajstić information content (AvgIpc) is 2.88. The first kappa shape index (κ1) is 16.3. The molecule has 126 valence electrons.